The van der Waals surface area contributed by atoms with Crippen LogP contribution in [0, 0.1) is 6.92 Å². The molecule has 0 fully saturated rings. The first-order valence-corrected chi connectivity index (χ1v) is 8.72. The predicted molar refractivity (Wildman–Crippen MR) is 102 cm³/mol. The fourth-order valence-electron chi connectivity index (χ4n) is 2.84. The molecule has 1 heterocycles. The van der Waals surface area contributed by atoms with Crippen LogP contribution in [0.3, 0.4) is 0 Å². The molecule has 0 atom stereocenters. The van der Waals surface area contributed by atoms with E-state index in [1.165, 1.54) is 4.90 Å². The predicted octanol–water partition coefficient (Wildman–Crippen LogP) is 4.23. The van der Waals surface area contributed by atoms with E-state index in [1.54, 1.807) is 6.07 Å². The Bertz CT molecular complexity index is 897. The summed E-state index contributed by atoms with van der Waals surface area (Å²) in [6.45, 7) is 4.37. The number of hydrogen-bond acceptors (Lipinski definition) is 3. The maximum absolute atomic E-state index is 12.8. The minimum absolute atomic E-state index is 0.0158. The summed E-state index contributed by atoms with van der Waals surface area (Å²) in [6, 6.07) is 16.7. The van der Waals surface area contributed by atoms with Gasteiger partial charge in [-0.1, -0.05) is 43.3 Å². The van der Waals surface area contributed by atoms with Crippen LogP contribution in [0.15, 0.2) is 59.0 Å². The Morgan fingerprint density at radius 1 is 1.08 bits per heavy atom. The fraction of sp³-hybridized carbons (Fsp3) is 0.238. The molecular formula is C21H22N2O3. The number of carbonyl (C=O) groups is 2. The van der Waals surface area contributed by atoms with Gasteiger partial charge in [0.25, 0.3) is 5.91 Å². The third-order valence-electron chi connectivity index (χ3n) is 4.17. The zero-order chi connectivity index (χ0) is 18.5. The van der Waals surface area contributed by atoms with Crippen LogP contribution < -0.4 is 5.32 Å². The lowest BCUT2D eigenvalue weighted by Gasteiger charge is -2.20. The summed E-state index contributed by atoms with van der Waals surface area (Å²) in [7, 11) is 0. The van der Waals surface area contributed by atoms with E-state index in [9.17, 15) is 9.59 Å². The van der Waals surface area contributed by atoms with E-state index in [4.69, 9.17) is 4.42 Å². The number of furan rings is 1. The Morgan fingerprint density at radius 2 is 1.81 bits per heavy atom. The average molecular weight is 350 g/mol. The van der Waals surface area contributed by atoms with Gasteiger partial charge < -0.3 is 14.6 Å². The van der Waals surface area contributed by atoms with E-state index in [2.05, 4.69) is 5.32 Å². The zero-order valence-corrected chi connectivity index (χ0v) is 15.0. The van der Waals surface area contributed by atoms with Gasteiger partial charge in [0, 0.05) is 17.6 Å². The van der Waals surface area contributed by atoms with Crippen LogP contribution in [-0.4, -0.2) is 29.8 Å². The van der Waals surface area contributed by atoms with Crippen LogP contribution in [0.5, 0.6) is 0 Å². The van der Waals surface area contributed by atoms with Crippen molar-refractivity contribution in [1.82, 2.24) is 4.90 Å². The monoisotopic (exact) mass is 350 g/mol. The molecule has 0 spiro atoms. The van der Waals surface area contributed by atoms with Crippen molar-refractivity contribution in [2.75, 3.05) is 18.4 Å². The number of anilines is 1. The maximum Gasteiger partial charge on any atom is 0.290 e. The van der Waals surface area contributed by atoms with Gasteiger partial charge in [-0.25, -0.2) is 0 Å². The summed E-state index contributed by atoms with van der Waals surface area (Å²) in [5.74, 6) is -0.247. The molecule has 0 unspecified atom stereocenters. The standard InChI is InChI=1S/C21H22N2O3/c1-3-12-23(14-20(24)22-17-10-6-4-8-15(17)2)21(25)19-13-16-9-5-7-11-18(16)26-19/h4-11,13H,3,12,14H2,1-2H3,(H,22,24). The van der Waals surface area contributed by atoms with Gasteiger partial charge in [0.1, 0.15) is 12.1 Å². The van der Waals surface area contributed by atoms with Crippen molar-refractivity contribution < 1.29 is 14.0 Å². The summed E-state index contributed by atoms with van der Waals surface area (Å²) < 4.78 is 5.65. The number of carbonyl (C=O) groups excluding carboxylic acids is 2. The average Bonchev–Trinajstić information content (AvgIpc) is 3.07. The first-order chi connectivity index (χ1) is 12.6. The van der Waals surface area contributed by atoms with E-state index >= 15 is 0 Å². The maximum atomic E-state index is 12.8. The van der Waals surface area contributed by atoms with E-state index in [1.807, 2.05) is 62.4 Å². The number of aryl methyl sites for hydroxylation is 1. The molecule has 2 aromatic carbocycles. The van der Waals surface area contributed by atoms with Crippen LogP contribution in [0.1, 0.15) is 29.5 Å². The second-order valence-corrected chi connectivity index (χ2v) is 6.24. The molecule has 0 aliphatic carbocycles. The zero-order valence-electron chi connectivity index (χ0n) is 15.0. The van der Waals surface area contributed by atoms with Crippen LogP contribution in [-0.2, 0) is 4.79 Å². The van der Waals surface area contributed by atoms with Crippen LogP contribution in [0.4, 0.5) is 5.69 Å². The van der Waals surface area contributed by atoms with E-state index < -0.39 is 0 Å². The molecule has 1 aromatic heterocycles. The number of nitrogens with one attached hydrogen (secondary N) is 1. The minimum atomic E-state index is -0.275. The van der Waals surface area contributed by atoms with E-state index in [0.717, 1.165) is 23.1 Å². The highest BCUT2D eigenvalue weighted by Gasteiger charge is 2.21. The minimum Gasteiger partial charge on any atom is -0.451 e. The van der Waals surface area contributed by atoms with Gasteiger partial charge in [0.2, 0.25) is 5.91 Å². The van der Waals surface area contributed by atoms with Gasteiger partial charge >= 0.3 is 0 Å². The Labute approximate surface area is 152 Å². The van der Waals surface area contributed by atoms with Gasteiger partial charge in [-0.15, -0.1) is 0 Å². The lowest BCUT2D eigenvalue weighted by atomic mass is 10.2. The molecule has 0 aliphatic heterocycles. The number of benzene rings is 2. The van der Waals surface area contributed by atoms with Gasteiger partial charge in [0.05, 0.1) is 0 Å². The molecule has 0 aliphatic rings. The second kappa shape index (κ2) is 7.87. The molecule has 0 saturated heterocycles. The van der Waals surface area contributed by atoms with Crippen molar-refractivity contribution in [2.24, 2.45) is 0 Å². The Hall–Kier alpha value is -3.08. The molecule has 26 heavy (non-hydrogen) atoms. The Morgan fingerprint density at radius 3 is 2.54 bits per heavy atom. The summed E-state index contributed by atoms with van der Waals surface area (Å²) in [5.41, 5.74) is 2.40. The second-order valence-electron chi connectivity index (χ2n) is 6.24. The summed E-state index contributed by atoms with van der Waals surface area (Å²) in [4.78, 5) is 26.8. The summed E-state index contributed by atoms with van der Waals surface area (Å²) in [6.07, 6.45) is 0.754. The van der Waals surface area contributed by atoms with Crippen molar-refractivity contribution in [3.8, 4) is 0 Å². The molecule has 0 radical (unpaired) electrons. The third kappa shape index (κ3) is 3.94. The third-order valence-corrected chi connectivity index (χ3v) is 4.17. The van der Waals surface area contributed by atoms with Crippen LogP contribution in [0.2, 0.25) is 0 Å². The highest BCUT2D eigenvalue weighted by Crippen LogP contribution is 2.20. The largest absolute Gasteiger partial charge is 0.451 e. The first kappa shape index (κ1) is 17.7. The SMILES string of the molecule is CCCN(CC(=O)Nc1ccccc1C)C(=O)c1cc2ccccc2o1. The summed E-state index contributed by atoms with van der Waals surface area (Å²) >= 11 is 0. The lowest BCUT2D eigenvalue weighted by molar-refractivity contribution is -0.116. The van der Waals surface area contributed by atoms with Gasteiger partial charge in [0.15, 0.2) is 5.76 Å². The van der Waals surface area contributed by atoms with Crippen molar-refractivity contribution in [1.29, 1.82) is 0 Å². The molecule has 5 heteroatoms. The van der Waals surface area contributed by atoms with Crippen LogP contribution in [0.25, 0.3) is 11.0 Å². The molecule has 1 N–H and O–H groups in total. The van der Waals surface area contributed by atoms with E-state index in [0.29, 0.717) is 12.1 Å². The molecular weight excluding hydrogens is 328 g/mol. The van der Waals surface area contributed by atoms with Gasteiger partial charge in [-0.05, 0) is 37.1 Å². The normalized spacial score (nSPS) is 10.7. The Kier molecular flexibility index (Phi) is 5.37. The molecule has 3 rings (SSSR count). The fourth-order valence-corrected chi connectivity index (χ4v) is 2.84. The molecule has 3 aromatic rings. The summed E-state index contributed by atoms with van der Waals surface area (Å²) in [5, 5.41) is 3.74. The van der Waals surface area contributed by atoms with Crippen molar-refractivity contribution in [3.63, 3.8) is 0 Å². The smallest absolute Gasteiger partial charge is 0.290 e. The van der Waals surface area contributed by atoms with Crippen molar-refractivity contribution in [2.45, 2.75) is 20.3 Å². The number of amides is 2. The van der Waals surface area contributed by atoms with Gasteiger partial charge in [-0.3, -0.25) is 9.59 Å². The molecule has 0 bridgehead atoms. The first-order valence-electron chi connectivity index (χ1n) is 8.72. The van der Waals surface area contributed by atoms with Crippen molar-refractivity contribution in [3.05, 3.63) is 65.9 Å². The molecule has 2 amide bonds. The Balaban J connectivity index is 1.74. The van der Waals surface area contributed by atoms with Crippen molar-refractivity contribution >= 4 is 28.5 Å². The number of fused-ring (bicyclic) bond motifs is 1. The number of para-hydroxylation sites is 2. The molecule has 5 nitrogen and oxygen atoms in total. The quantitative estimate of drug-likeness (QED) is 0.723. The topological polar surface area (TPSA) is 62.6 Å². The van der Waals surface area contributed by atoms with Gasteiger partial charge in [-0.2, -0.15) is 0 Å². The number of rotatable bonds is 6. The highest BCUT2D eigenvalue weighted by atomic mass is 16.3. The van der Waals surface area contributed by atoms with E-state index in [-0.39, 0.29) is 24.1 Å². The van der Waals surface area contributed by atoms with Crippen LogP contribution >= 0.6 is 0 Å². The number of nitrogens with zero attached hydrogens (tertiary/aromatic N) is 1. The molecule has 134 valence electrons. The highest BCUT2D eigenvalue weighted by molar-refractivity contribution is 6.00. The number of hydrogen-bond donors (Lipinski definition) is 1. The molecule has 0 saturated carbocycles. The lowest BCUT2D eigenvalue weighted by Crippen LogP contribution is -2.38.